The van der Waals surface area contributed by atoms with Crippen LogP contribution in [0.5, 0.6) is 0 Å². The van der Waals surface area contributed by atoms with E-state index in [1.807, 2.05) is 37.1 Å². The van der Waals surface area contributed by atoms with Crippen molar-refractivity contribution in [2.45, 2.75) is 6.92 Å². The number of hydrogen-bond donors (Lipinski definition) is 1. The Bertz CT molecular complexity index is 541. The Morgan fingerprint density at radius 3 is 2.65 bits per heavy atom. The Balaban J connectivity index is 2.52. The van der Waals surface area contributed by atoms with Crippen molar-refractivity contribution in [1.82, 2.24) is 0 Å². The van der Waals surface area contributed by atoms with Crippen LogP contribution >= 0.6 is 0 Å². The van der Waals surface area contributed by atoms with Gasteiger partial charge in [-0.05, 0) is 18.4 Å². The molecule has 0 radical (unpaired) electrons. The minimum Gasteiger partial charge on any atom is -0.370 e. The molecule has 0 spiro atoms. The molecule has 0 aromatic heterocycles. The lowest BCUT2D eigenvalue weighted by Gasteiger charge is -2.20. The molecule has 0 unspecified atom stereocenters. The molecule has 2 rings (SSSR count). The highest BCUT2D eigenvalue weighted by molar-refractivity contribution is 6.03. The van der Waals surface area contributed by atoms with Crippen LogP contribution in [0.25, 0.3) is 10.8 Å². The number of nitrogens with two attached hydrogens (primary N) is 1. The van der Waals surface area contributed by atoms with Crippen molar-refractivity contribution < 1.29 is 0 Å². The van der Waals surface area contributed by atoms with Crippen LogP contribution in [0.4, 0.5) is 5.69 Å². The van der Waals surface area contributed by atoms with Crippen LogP contribution < -0.4 is 10.6 Å². The number of hydrogen-bond acceptors (Lipinski definition) is 1. The third kappa shape index (κ3) is 2.23. The zero-order valence-corrected chi connectivity index (χ0v) is 10.2. The first-order valence-corrected chi connectivity index (χ1v) is 5.75. The third-order valence-corrected chi connectivity index (χ3v) is 2.79. The maximum absolute atomic E-state index is 5.93. The predicted molar refractivity (Wildman–Crippen MR) is 74.5 cm³/mol. The van der Waals surface area contributed by atoms with Gasteiger partial charge in [0.15, 0.2) is 5.96 Å². The number of rotatable bonds is 2. The molecule has 0 bridgehead atoms. The topological polar surface area (TPSA) is 41.6 Å². The second-order valence-electron chi connectivity index (χ2n) is 3.89. The van der Waals surface area contributed by atoms with E-state index in [9.17, 15) is 0 Å². The van der Waals surface area contributed by atoms with Crippen LogP contribution in [0, 0.1) is 0 Å². The Labute approximate surface area is 102 Å². The van der Waals surface area contributed by atoms with E-state index in [1.54, 1.807) is 0 Å². The highest BCUT2D eigenvalue weighted by Crippen LogP contribution is 2.25. The van der Waals surface area contributed by atoms with E-state index >= 15 is 0 Å². The summed E-state index contributed by atoms with van der Waals surface area (Å²) in [6, 6.07) is 14.5. The number of guanidine groups is 1. The van der Waals surface area contributed by atoms with Crippen LogP contribution in [0.1, 0.15) is 6.92 Å². The van der Waals surface area contributed by atoms with Crippen molar-refractivity contribution in [3.8, 4) is 0 Å². The monoisotopic (exact) mass is 227 g/mol. The molecule has 0 amide bonds. The van der Waals surface area contributed by atoms with Crippen LogP contribution in [0.3, 0.4) is 0 Å². The molecule has 0 saturated heterocycles. The highest BCUT2D eigenvalue weighted by atomic mass is 15.2. The van der Waals surface area contributed by atoms with Crippen molar-refractivity contribution in [1.29, 1.82) is 0 Å². The zero-order valence-electron chi connectivity index (χ0n) is 10.2. The molecule has 3 nitrogen and oxygen atoms in total. The predicted octanol–water partition coefficient (Wildman–Crippen LogP) is 2.61. The van der Waals surface area contributed by atoms with Gasteiger partial charge in [0.05, 0.1) is 5.69 Å². The molecule has 88 valence electrons. The van der Waals surface area contributed by atoms with E-state index in [-0.39, 0.29) is 0 Å². The minimum absolute atomic E-state index is 0.545. The first-order chi connectivity index (χ1) is 8.24. The van der Waals surface area contributed by atoms with Gasteiger partial charge in [0.2, 0.25) is 0 Å². The normalized spacial score (nSPS) is 11.8. The molecule has 0 aliphatic carbocycles. The molecule has 2 N–H and O–H groups in total. The van der Waals surface area contributed by atoms with E-state index in [4.69, 9.17) is 5.73 Å². The summed E-state index contributed by atoms with van der Waals surface area (Å²) in [5.74, 6) is 0.545. The summed E-state index contributed by atoms with van der Waals surface area (Å²) in [5.41, 5.74) is 7.01. The van der Waals surface area contributed by atoms with Gasteiger partial charge in [-0.25, -0.2) is 0 Å². The van der Waals surface area contributed by atoms with Gasteiger partial charge in [0, 0.05) is 19.0 Å². The van der Waals surface area contributed by atoms with E-state index < -0.39 is 0 Å². The van der Waals surface area contributed by atoms with Crippen molar-refractivity contribution in [3.05, 3.63) is 42.5 Å². The van der Waals surface area contributed by atoms with E-state index in [2.05, 4.69) is 29.3 Å². The molecular formula is C14H17N3. The Morgan fingerprint density at radius 2 is 1.88 bits per heavy atom. The summed E-state index contributed by atoms with van der Waals surface area (Å²) < 4.78 is 0. The van der Waals surface area contributed by atoms with Crippen LogP contribution in [0.15, 0.2) is 47.5 Å². The van der Waals surface area contributed by atoms with Gasteiger partial charge < -0.3 is 10.6 Å². The third-order valence-electron chi connectivity index (χ3n) is 2.79. The van der Waals surface area contributed by atoms with Gasteiger partial charge >= 0.3 is 0 Å². The molecule has 2 aromatic rings. The summed E-state index contributed by atoms with van der Waals surface area (Å²) >= 11 is 0. The first-order valence-electron chi connectivity index (χ1n) is 5.75. The van der Waals surface area contributed by atoms with Crippen LogP contribution in [-0.4, -0.2) is 19.6 Å². The van der Waals surface area contributed by atoms with Crippen LogP contribution in [-0.2, 0) is 0 Å². The maximum atomic E-state index is 5.93. The Morgan fingerprint density at radius 1 is 1.18 bits per heavy atom. The first kappa shape index (κ1) is 11.5. The maximum Gasteiger partial charge on any atom is 0.195 e. The molecular weight excluding hydrogens is 210 g/mol. The molecule has 17 heavy (non-hydrogen) atoms. The average Bonchev–Trinajstić information content (AvgIpc) is 2.37. The summed E-state index contributed by atoms with van der Waals surface area (Å²) in [7, 11) is 1.94. The van der Waals surface area contributed by atoms with Gasteiger partial charge in [-0.3, -0.25) is 4.99 Å². The smallest absolute Gasteiger partial charge is 0.195 e. The van der Waals surface area contributed by atoms with Gasteiger partial charge in [-0.1, -0.05) is 36.4 Å². The van der Waals surface area contributed by atoms with Gasteiger partial charge in [0.1, 0.15) is 0 Å². The molecule has 0 atom stereocenters. The SMILES string of the molecule is CCN=C(N)N(C)c1cccc2ccccc12. The number of aliphatic imine (C=N–C) groups is 1. The number of anilines is 1. The second-order valence-corrected chi connectivity index (χ2v) is 3.89. The molecule has 2 aromatic carbocycles. The summed E-state index contributed by atoms with van der Waals surface area (Å²) in [6.45, 7) is 2.67. The Hall–Kier alpha value is -2.03. The summed E-state index contributed by atoms with van der Waals surface area (Å²) in [5, 5.41) is 2.40. The van der Waals surface area contributed by atoms with Gasteiger partial charge in [0.25, 0.3) is 0 Å². The van der Waals surface area contributed by atoms with E-state index in [0.29, 0.717) is 12.5 Å². The fraction of sp³-hybridized carbons (Fsp3) is 0.214. The standard InChI is InChI=1S/C14H17N3/c1-3-16-14(15)17(2)13-10-6-8-11-7-4-5-9-12(11)13/h4-10H,3H2,1-2H3,(H2,15,16). The molecule has 0 saturated carbocycles. The van der Waals surface area contributed by atoms with Gasteiger partial charge in [-0.2, -0.15) is 0 Å². The molecule has 0 aliphatic rings. The average molecular weight is 227 g/mol. The number of nitrogens with zero attached hydrogens (tertiary/aromatic N) is 2. The minimum atomic E-state index is 0.545. The lowest BCUT2D eigenvalue weighted by atomic mass is 10.1. The van der Waals surface area contributed by atoms with Crippen molar-refractivity contribution in [2.75, 3.05) is 18.5 Å². The fourth-order valence-electron chi connectivity index (χ4n) is 1.89. The number of benzene rings is 2. The Kier molecular flexibility index (Phi) is 3.28. The number of fused-ring (bicyclic) bond motifs is 1. The quantitative estimate of drug-likeness (QED) is 0.633. The molecule has 0 aliphatic heterocycles. The van der Waals surface area contributed by atoms with Crippen LogP contribution in [0.2, 0.25) is 0 Å². The fourth-order valence-corrected chi connectivity index (χ4v) is 1.89. The zero-order chi connectivity index (χ0) is 12.3. The summed E-state index contributed by atoms with van der Waals surface area (Å²) in [6.07, 6.45) is 0. The van der Waals surface area contributed by atoms with Crippen molar-refractivity contribution in [3.63, 3.8) is 0 Å². The summed E-state index contributed by atoms with van der Waals surface area (Å²) in [4.78, 5) is 6.15. The van der Waals surface area contributed by atoms with Gasteiger partial charge in [-0.15, -0.1) is 0 Å². The molecule has 0 fully saturated rings. The lowest BCUT2D eigenvalue weighted by Crippen LogP contribution is -2.34. The second kappa shape index (κ2) is 4.87. The lowest BCUT2D eigenvalue weighted by molar-refractivity contribution is 1.09. The van der Waals surface area contributed by atoms with E-state index in [1.165, 1.54) is 10.8 Å². The van der Waals surface area contributed by atoms with Crippen molar-refractivity contribution >= 4 is 22.4 Å². The van der Waals surface area contributed by atoms with E-state index in [0.717, 1.165) is 5.69 Å². The molecule has 0 heterocycles. The largest absolute Gasteiger partial charge is 0.370 e. The molecule has 3 heteroatoms. The van der Waals surface area contributed by atoms with Crippen molar-refractivity contribution in [2.24, 2.45) is 10.7 Å². The highest BCUT2D eigenvalue weighted by Gasteiger charge is 2.07.